The zero-order valence-electron chi connectivity index (χ0n) is 13.4. The molecule has 2 rings (SSSR count). The molecular formula is C13H16F5N5O3. The standard InChI is InChI=1S/C13H16F5N5O3/c14-10(15)7-22-11(9(6-19-22)23(25)26)21-4-1-2-8(3-5-21)20-12(24)13(16,17)18/h6,8,10H,1-5,7H2,(H,20,24). The van der Waals surface area contributed by atoms with E-state index in [2.05, 4.69) is 5.10 Å². The number of carbonyl (C=O) groups excluding carboxylic acids is 1. The van der Waals surface area contributed by atoms with Crippen LogP contribution >= 0.6 is 0 Å². The number of hydrogen-bond acceptors (Lipinski definition) is 5. The van der Waals surface area contributed by atoms with Crippen LogP contribution in [0, 0.1) is 10.1 Å². The number of aromatic nitrogens is 2. The van der Waals surface area contributed by atoms with Crippen LogP contribution in [0.5, 0.6) is 0 Å². The van der Waals surface area contributed by atoms with Gasteiger partial charge in [-0.15, -0.1) is 0 Å². The molecule has 0 saturated carbocycles. The normalized spacial score (nSPS) is 18.7. The van der Waals surface area contributed by atoms with Crippen LogP contribution in [0.2, 0.25) is 0 Å². The summed E-state index contributed by atoms with van der Waals surface area (Å²) >= 11 is 0. The predicted octanol–water partition coefficient (Wildman–Crippen LogP) is 2.09. The average Bonchev–Trinajstić information content (AvgIpc) is 2.78. The quantitative estimate of drug-likeness (QED) is 0.476. The second-order valence-electron chi connectivity index (χ2n) is 5.77. The van der Waals surface area contributed by atoms with Gasteiger partial charge in [0.1, 0.15) is 12.7 Å². The average molecular weight is 385 g/mol. The van der Waals surface area contributed by atoms with Crippen molar-refractivity contribution in [3.8, 4) is 0 Å². The molecule has 26 heavy (non-hydrogen) atoms. The van der Waals surface area contributed by atoms with Crippen LogP contribution < -0.4 is 10.2 Å². The second kappa shape index (κ2) is 7.83. The Hall–Kier alpha value is -2.47. The SMILES string of the molecule is O=C(NC1CCCN(c2c([N+](=O)[O-])cnn2CC(F)F)CC1)C(F)(F)F. The van der Waals surface area contributed by atoms with E-state index < -0.39 is 41.7 Å². The molecule has 0 bridgehead atoms. The Morgan fingerprint density at radius 2 is 2.08 bits per heavy atom. The minimum Gasteiger partial charge on any atom is -0.351 e. The van der Waals surface area contributed by atoms with E-state index >= 15 is 0 Å². The summed E-state index contributed by atoms with van der Waals surface area (Å²) in [4.78, 5) is 22.8. The first-order chi connectivity index (χ1) is 12.1. The molecule has 146 valence electrons. The molecule has 1 aliphatic heterocycles. The fraction of sp³-hybridized carbons (Fsp3) is 0.692. The number of amides is 1. The number of anilines is 1. The predicted molar refractivity (Wildman–Crippen MR) is 78.9 cm³/mol. The van der Waals surface area contributed by atoms with Crippen LogP contribution in [0.25, 0.3) is 0 Å². The van der Waals surface area contributed by atoms with Crippen LogP contribution in [0.3, 0.4) is 0 Å². The zero-order chi connectivity index (χ0) is 19.5. The zero-order valence-corrected chi connectivity index (χ0v) is 13.4. The van der Waals surface area contributed by atoms with Gasteiger partial charge in [0.15, 0.2) is 0 Å². The van der Waals surface area contributed by atoms with Crippen LogP contribution in [0.4, 0.5) is 33.5 Å². The Morgan fingerprint density at radius 3 is 2.65 bits per heavy atom. The molecule has 1 fully saturated rings. The minimum absolute atomic E-state index is 0.0541. The lowest BCUT2D eigenvalue weighted by atomic mass is 10.1. The lowest BCUT2D eigenvalue weighted by Gasteiger charge is -2.23. The first-order valence-electron chi connectivity index (χ1n) is 7.70. The summed E-state index contributed by atoms with van der Waals surface area (Å²) in [5, 5.41) is 16.6. The summed E-state index contributed by atoms with van der Waals surface area (Å²) in [6.45, 7) is -0.583. The Balaban J connectivity index is 2.14. The van der Waals surface area contributed by atoms with Gasteiger partial charge in [-0.2, -0.15) is 18.3 Å². The van der Waals surface area contributed by atoms with E-state index in [1.54, 1.807) is 0 Å². The van der Waals surface area contributed by atoms with Gasteiger partial charge in [-0.3, -0.25) is 14.9 Å². The summed E-state index contributed by atoms with van der Waals surface area (Å²) in [5.74, 6) is -2.16. The number of rotatable bonds is 5. The van der Waals surface area contributed by atoms with Crippen LogP contribution in [0.15, 0.2) is 6.20 Å². The summed E-state index contributed by atoms with van der Waals surface area (Å²) in [5.41, 5.74) is -0.455. The first-order valence-corrected chi connectivity index (χ1v) is 7.70. The monoisotopic (exact) mass is 385 g/mol. The molecule has 1 N–H and O–H groups in total. The lowest BCUT2D eigenvalue weighted by Crippen LogP contribution is -2.43. The van der Waals surface area contributed by atoms with Crippen molar-refractivity contribution in [1.82, 2.24) is 15.1 Å². The highest BCUT2D eigenvalue weighted by molar-refractivity contribution is 5.81. The number of nitrogens with one attached hydrogen (secondary N) is 1. The molecule has 2 heterocycles. The number of halogens is 5. The number of hydrogen-bond donors (Lipinski definition) is 1. The molecule has 0 radical (unpaired) electrons. The molecule has 1 aliphatic rings. The lowest BCUT2D eigenvalue weighted by molar-refractivity contribution is -0.384. The maximum absolute atomic E-state index is 12.7. The molecule has 1 amide bonds. The molecule has 1 unspecified atom stereocenters. The van der Waals surface area contributed by atoms with Crippen molar-refractivity contribution in [3.63, 3.8) is 0 Å². The third-order valence-corrected chi connectivity index (χ3v) is 3.92. The summed E-state index contributed by atoms with van der Waals surface area (Å²) in [7, 11) is 0. The van der Waals surface area contributed by atoms with Gasteiger partial charge in [0, 0.05) is 19.1 Å². The van der Waals surface area contributed by atoms with Gasteiger partial charge in [0.25, 0.3) is 6.43 Å². The van der Waals surface area contributed by atoms with Crippen molar-refractivity contribution < 1.29 is 31.7 Å². The van der Waals surface area contributed by atoms with Gasteiger partial charge in [-0.05, 0) is 19.3 Å². The Morgan fingerprint density at radius 1 is 1.38 bits per heavy atom. The second-order valence-corrected chi connectivity index (χ2v) is 5.77. The smallest absolute Gasteiger partial charge is 0.351 e. The number of nitrogens with zero attached hydrogens (tertiary/aromatic N) is 4. The highest BCUT2D eigenvalue weighted by Crippen LogP contribution is 2.30. The van der Waals surface area contributed by atoms with Gasteiger partial charge in [0.2, 0.25) is 5.82 Å². The van der Waals surface area contributed by atoms with Gasteiger partial charge in [-0.1, -0.05) is 0 Å². The molecule has 0 aliphatic carbocycles. The third kappa shape index (κ3) is 4.79. The van der Waals surface area contributed by atoms with Crippen molar-refractivity contribution >= 4 is 17.4 Å². The Bertz CT molecular complexity index is 663. The fourth-order valence-electron chi connectivity index (χ4n) is 2.81. The van der Waals surface area contributed by atoms with Gasteiger partial charge in [0.05, 0.1) is 4.92 Å². The molecular weight excluding hydrogens is 369 g/mol. The summed E-state index contributed by atoms with van der Waals surface area (Å²) in [6.07, 6.45) is -6.28. The molecule has 13 heteroatoms. The highest BCUT2D eigenvalue weighted by Gasteiger charge is 2.40. The van der Waals surface area contributed by atoms with E-state index in [-0.39, 0.29) is 31.7 Å². The van der Waals surface area contributed by atoms with Crippen LogP contribution in [0.1, 0.15) is 19.3 Å². The number of nitro groups is 1. The molecule has 0 aromatic carbocycles. The van der Waals surface area contributed by atoms with E-state index in [0.29, 0.717) is 6.42 Å². The molecule has 1 aromatic heterocycles. The minimum atomic E-state index is -5.00. The highest BCUT2D eigenvalue weighted by atomic mass is 19.4. The summed E-state index contributed by atoms with van der Waals surface area (Å²) < 4.78 is 63.2. The van der Waals surface area contributed by atoms with Crippen LogP contribution in [-0.2, 0) is 11.3 Å². The molecule has 1 atom stereocenters. The molecule has 1 saturated heterocycles. The van der Waals surface area contributed by atoms with Crippen LogP contribution in [-0.4, -0.2) is 52.3 Å². The molecule has 1 aromatic rings. The van der Waals surface area contributed by atoms with E-state index in [4.69, 9.17) is 0 Å². The maximum Gasteiger partial charge on any atom is 0.471 e. The van der Waals surface area contributed by atoms with Gasteiger partial charge in [-0.25, -0.2) is 13.5 Å². The number of alkyl halides is 5. The Labute approximate surface area is 144 Å². The maximum atomic E-state index is 12.7. The van der Waals surface area contributed by atoms with E-state index in [9.17, 15) is 36.9 Å². The topological polar surface area (TPSA) is 93.3 Å². The van der Waals surface area contributed by atoms with Crippen molar-refractivity contribution in [2.24, 2.45) is 0 Å². The van der Waals surface area contributed by atoms with Crippen molar-refractivity contribution in [3.05, 3.63) is 16.3 Å². The van der Waals surface area contributed by atoms with E-state index in [1.807, 2.05) is 5.32 Å². The van der Waals surface area contributed by atoms with Gasteiger partial charge >= 0.3 is 17.8 Å². The molecule has 8 nitrogen and oxygen atoms in total. The van der Waals surface area contributed by atoms with Gasteiger partial charge < -0.3 is 10.2 Å². The van der Waals surface area contributed by atoms with Crippen molar-refractivity contribution in [2.75, 3.05) is 18.0 Å². The van der Waals surface area contributed by atoms with E-state index in [0.717, 1.165) is 10.9 Å². The summed E-state index contributed by atoms with van der Waals surface area (Å²) in [6, 6.07) is -0.764. The first kappa shape index (κ1) is 19.8. The largest absolute Gasteiger partial charge is 0.471 e. The van der Waals surface area contributed by atoms with E-state index in [1.165, 1.54) is 4.90 Å². The Kier molecular flexibility index (Phi) is 5.97. The van der Waals surface area contributed by atoms with Crippen molar-refractivity contribution in [2.45, 2.75) is 44.5 Å². The number of carbonyl (C=O) groups is 1. The van der Waals surface area contributed by atoms with Crippen molar-refractivity contribution in [1.29, 1.82) is 0 Å². The fourth-order valence-corrected chi connectivity index (χ4v) is 2.81. The third-order valence-electron chi connectivity index (χ3n) is 3.92. The molecule has 0 spiro atoms.